The number of methoxy groups -OCH3 is 2. The van der Waals surface area contributed by atoms with Crippen LogP contribution in [0.15, 0.2) is 54.7 Å². The maximum Gasteiger partial charge on any atom is 0.272 e. The lowest BCUT2D eigenvalue weighted by molar-refractivity contribution is 0.0933. The van der Waals surface area contributed by atoms with Gasteiger partial charge in [0, 0.05) is 22.6 Å². The summed E-state index contributed by atoms with van der Waals surface area (Å²) < 4.78 is 13.2. The quantitative estimate of drug-likeness (QED) is 0.267. The van der Waals surface area contributed by atoms with Crippen molar-refractivity contribution < 1.29 is 14.3 Å². The summed E-state index contributed by atoms with van der Waals surface area (Å²) in [6.45, 7) is 0. The summed E-state index contributed by atoms with van der Waals surface area (Å²) in [5, 5.41) is 9.44. The third-order valence-corrected chi connectivity index (χ3v) is 7.01. The van der Waals surface area contributed by atoms with E-state index in [4.69, 9.17) is 26.2 Å². The molecule has 0 bridgehead atoms. The maximum absolute atomic E-state index is 13.5. The molecule has 8 heteroatoms. The van der Waals surface area contributed by atoms with Gasteiger partial charge in [0.1, 0.15) is 11.5 Å². The summed E-state index contributed by atoms with van der Waals surface area (Å²) >= 11 is 6.23. The molecule has 4 aromatic rings. The molecule has 2 heterocycles. The molecule has 1 saturated carbocycles. The molecule has 0 aliphatic heterocycles. The summed E-state index contributed by atoms with van der Waals surface area (Å²) in [5.74, 6) is 1.02. The smallest absolute Gasteiger partial charge is 0.272 e. The average Bonchev–Trinajstić information content (AvgIpc) is 3.34. The van der Waals surface area contributed by atoms with E-state index in [-0.39, 0.29) is 26.8 Å². The van der Waals surface area contributed by atoms with Crippen LogP contribution < -0.4 is 14.8 Å². The van der Waals surface area contributed by atoms with Gasteiger partial charge in [-0.25, -0.2) is 4.68 Å². The van der Waals surface area contributed by atoms with Crippen LogP contribution in [0.4, 0.5) is 0 Å². The number of nitrogens with zero attached hydrogens (tertiary/aromatic N) is 3. The second-order valence-electron chi connectivity index (χ2n) is 9.16. The standard InChI is InChI=1S/C29H30ClN4O3.2CH4/c1-36-26-11-8-12-27(37-2)28(26)25-18-23(29(35)32-20-9-6-4-3-5-7-10-20)33-34(25)24-15-16-31-22-17-19(30)13-14-21(22)24;;/h8-9,11-18,20H,3-7,10H2,1-2H3,(H,32,35);2*1H4. The molecule has 1 unspecified atom stereocenters. The first-order valence-corrected chi connectivity index (χ1v) is 13.0. The molecule has 0 spiro atoms. The van der Waals surface area contributed by atoms with E-state index in [9.17, 15) is 4.79 Å². The van der Waals surface area contributed by atoms with E-state index in [1.165, 1.54) is 12.8 Å². The van der Waals surface area contributed by atoms with Gasteiger partial charge in [-0.15, -0.1) is 0 Å². The molecule has 1 aliphatic carbocycles. The molecule has 7 nitrogen and oxygen atoms in total. The average molecular weight is 550 g/mol. The van der Waals surface area contributed by atoms with Gasteiger partial charge in [-0.2, -0.15) is 5.10 Å². The number of ether oxygens (including phenoxy) is 2. The van der Waals surface area contributed by atoms with Crippen LogP contribution in [-0.4, -0.2) is 40.9 Å². The predicted molar refractivity (Wildman–Crippen MR) is 159 cm³/mol. The minimum Gasteiger partial charge on any atom is -0.496 e. The molecule has 1 radical (unpaired) electrons. The van der Waals surface area contributed by atoms with E-state index in [2.05, 4.69) is 16.7 Å². The summed E-state index contributed by atoms with van der Waals surface area (Å²) in [5.41, 5.74) is 3.19. The molecule has 5 rings (SSSR count). The number of benzene rings is 2. The van der Waals surface area contributed by atoms with Gasteiger partial charge in [0.15, 0.2) is 5.69 Å². The number of aromatic nitrogens is 3. The first kappa shape index (κ1) is 30.0. The fraction of sp³-hybridized carbons (Fsp3) is 0.355. The van der Waals surface area contributed by atoms with E-state index < -0.39 is 0 Å². The number of fused-ring (bicyclic) bond motifs is 1. The highest BCUT2D eigenvalue weighted by molar-refractivity contribution is 6.31. The Morgan fingerprint density at radius 3 is 2.49 bits per heavy atom. The lowest BCUT2D eigenvalue weighted by atomic mass is 9.96. The van der Waals surface area contributed by atoms with Crippen LogP contribution in [0, 0.1) is 6.42 Å². The van der Waals surface area contributed by atoms with E-state index in [0.717, 1.165) is 42.3 Å². The lowest BCUT2D eigenvalue weighted by Crippen LogP contribution is -2.36. The van der Waals surface area contributed by atoms with Crippen LogP contribution in [0.2, 0.25) is 5.02 Å². The third kappa shape index (κ3) is 6.36. The minimum atomic E-state index is -0.211. The number of amides is 1. The van der Waals surface area contributed by atoms with Crippen LogP contribution in [0.3, 0.4) is 0 Å². The second kappa shape index (κ2) is 13.5. The van der Waals surface area contributed by atoms with Gasteiger partial charge in [0.2, 0.25) is 0 Å². The number of carbonyl (C=O) groups is 1. The van der Waals surface area contributed by atoms with Crippen LogP contribution in [-0.2, 0) is 0 Å². The molecule has 1 N–H and O–H groups in total. The molecule has 2 aromatic carbocycles. The first-order valence-electron chi connectivity index (χ1n) is 12.6. The van der Waals surface area contributed by atoms with Crippen LogP contribution in [0.1, 0.15) is 63.9 Å². The fourth-order valence-corrected chi connectivity index (χ4v) is 5.09. The number of hydrogen-bond acceptors (Lipinski definition) is 5. The monoisotopic (exact) mass is 549 g/mol. The van der Waals surface area contributed by atoms with Crippen molar-refractivity contribution in [3.63, 3.8) is 0 Å². The van der Waals surface area contributed by atoms with Gasteiger partial charge >= 0.3 is 0 Å². The van der Waals surface area contributed by atoms with E-state index >= 15 is 0 Å². The molecule has 39 heavy (non-hydrogen) atoms. The highest BCUT2D eigenvalue weighted by atomic mass is 35.5. The molecular formula is C31H38ClN4O3. The SMILES string of the molecule is C.C.COc1cccc(OC)c1-c1cc(C(=O)NC2[CH]CCCCCC2)nn1-c1ccnc2cc(Cl)ccc12. The molecule has 1 aliphatic rings. The van der Waals surface area contributed by atoms with Crippen LogP contribution >= 0.6 is 11.6 Å². The van der Waals surface area contributed by atoms with Crippen LogP contribution in [0.25, 0.3) is 27.8 Å². The van der Waals surface area contributed by atoms with Crippen molar-refractivity contribution in [2.75, 3.05) is 14.2 Å². The number of halogens is 1. The molecule has 0 saturated heterocycles. The maximum atomic E-state index is 13.5. The summed E-state index contributed by atoms with van der Waals surface area (Å²) in [6.07, 6.45) is 10.6. The first-order chi connectivity index (χ1) is 18.1. The normalized spacial score (nSPS) is 13.9. The highest BCUT2D eigenvalue weighted by Gasteiger charge is 2.24. The van der Waals surface area contributed by atoms with Gasteiger partial charge in [0.05, 0.1) is 36.7 Å². The molecule has 1 amide bonds. The van der Waals surface area contributed by atoms with Crippen molar-refractivity contribution in [2.45, 2.75) is 59.4 Å². The Bertz CT molecular complexity index is 1390. The van der Waals surface area contributed by atoms with Crippen molar-refractivity contribution in [1.29, 1.82) is 0 Å². The Kier molecular flexibility index (Phi) is 10.4. The van der Waals surface area contributed by atoms with Crippen molar-refractivity contribution in [2.24, 2.45) is 0 Å². The lowest BCUT2D eigenvalue weighted by Gasteiger charge is -2.20. The third-order valence-electron chi connectivity index (χ3n) is 6.77. The number of hydrogen-bond donors (Lipinski definition) is 1. The predicted octanol–water partition coefficient (Wildman–Crippen LogP) is 7.69. The molecular weight excluding hydrogens is 512 g/mol. The summed E-state index contributed by atoms with van der Waals surface area (Å²) in [4.78, 5) is 17.9. The van der Waals surface area contributed by atoms with Crippen molar-refractivity contribution in [3.8, 4) is 28.4 Å². The number of carbonyl (C=O) groups excluding carboxylic acids is 1. The summed E-state index contributed by atoms with van der Waals surface area (Å²) in [7, 11) is 3.22. The Morgan fingerprint density at radius 1 is 1.00 bits per heavy atom. The van der Waals surface area contributed by atoms with Gasteiger partial charge in [-0.3, -0.25) is 9.78 Å². The van der Waals surface area contributed by atoms with E-state index in [1.54, 1.807) is 31.2 Å². The zero-order chi connectivity index (χ0) is 25.8. The minimum absolute atomic E-state index is 0. The van der Waals surface area contributed by atoms with Gasteiger partial charge in [-0.05, 0) is 61.7 Å². The Labute approximate surface area is 236 Å². The molecule has 207 valence electrons. The number of nitrogens with one attached hydrogen (secondary N) is 1. The Hall–Kier alpha value is -3.58. The van der Waals surface area contributed by atoms with Crippen LogP contribution in [0.5, 0.6) is 11.5 Å². The zero-order valence-corrected chi connectivity index (χ0v) is 21.8. The number of pyridine rings is 1. The van der Waals surface area contributed by atoms with E-state index in [1.807, 2.05) is 42.5 Å². The Balaban J connectivity index is 0.00000210. The van der Waals surface area contributed by atoms with Gasteiger partial charge < -0.3 is 14.8 Å². The van der Waals surface area contributed by atoms with Crippen molar-refractivity contribution in [3.05, 3.63) is 71.9 Å². The molecule has 1 fully saturated rings. The largest absolute Gasteiger partial charge is 0.496 e. The van der Waals surface area contributed by atoms with Gasteiger partial charge in [0.25, 0.3) is 5.91 Å². The fourth-order valence-electron chi connectivity index (χ4n) is 4.92. The number of rotatable bonds is 6. The van der Waals surface area contributed by atoms with Crippen molar-refractivity contribution >= 4 is 28.4 Å². The Morgan fingerprint density at radius 2 is 1.74 bits per heavy atom. The van der Waals surface area contributed by atoms with E-state index in [0.29, 0.717) is 33.5 Å². The van der Waals surface area contributed by atoms with Crippen molar-refractivity contribution in [1.82, 2.24) is 20.1 Å². The molecule has 2 aromatic heterocycles. The van der Waals surface area contributed by atoms with Gasteiger partial charge in [-0.1, -0.05) is 58.2 Å². The molecule has 1 atom stereocenters. The topological polar surface area (TPSA) is 78.3 Å². The highest BCUT2D eigenvalue weighted by Crippen LogP contribution is 2.40. The second-order valence-corrected chi connectivity index (χ2v) is 9.60. The zero-order valence-electron chi connectivity index (χ0n) is 21.0. The summed E-state index contributed by atoms with van der Waals surface area (Å²) in [6, 6.07) is 14.8.